The SMILES string of the molecule is CC(C)(C)OC(=O)N1CC(F)CC1C(=O)OC(C(F)(F)F)C(F)(F)S(=O)(=O)[O-]. The highest BCUT2D eigenvalue weighted by molar-refractivity contribution is 7.86. The highest BCUT2D eigenvalue weighted by atomic mass is 32.2. The second-order valence-corrected chi connectivity index (χ2v) is 8.31. The molecule has 0 aromatic rings. The Kier molecular flexibility index (Phi) is 6.56. The number of ether oxygens (including phenoxy) is 2. The molecular weight excluding hydrogens is 428 g/mol. The molecule has 164 valence electrons. The Morgan fingerprint density at radius 2 is 1.64 bits per heavy atom. The number of halogens is 6. The largest absolute Gasteiger partial charge is 0.743 e. The maximum atomic E-state index is 13.6. The summed E-state index contributed by atoms with van der Waals surface area (Å²) >= 11 is 0. The van der Waals surface area contributed by atoms with E-state index in [4.69, 9.17) is 4.74 Å². The highest BCUT2D eigenvalue weighted by Crippen LogP contribution is 2.38. The van der Waals surface area contributed by atoms with Crippen molar-refractivity contribution in [3.05, 3.63) is 0 Å². The molecule has 1 fully saturated rings. The molecule has 1 aliphatic rings. The van der Waals surface area contributed by atoms with Gasteiger partial charge in [-0.05, 0) is 20.8 Å². The summed E-state index contributed by atoms with van der Waals surface area (Å²) in [7, 11) is -6.88. The number of carbonyl (C=O) groups excluding carboxylic acids is 2. The number of hydrogen-bond donors (Lipinski definition) is 0. The van der Waals surface area contributed by atoms with Crippen LogP contribution in [0.5, 0.6) is 0 Å². The smallest absolute Gasteiger partial charge is 0.432 e. The van der Waals surface area contributed by atoms with Crippen molar-refractivity contribution in [3.63, 3.8) is 0 Å². The summed E-state index contributed by atoms with van der Waals surface area (Å²) in [6, 6.07) is -2.10. The predicted octanol–water partition coefficient (Wildman–Crippen LogP) is 1.95. The van der Waals surface area contributed by atoms with Gasteiger partial charge in [-0.2, -0.15) is 22.0 Å². The van der Waals surface area contributed by atoms with Crippen LogP contribution in [0.25, 0.3) is 0 Å². The Balaban J connectivity index is 3.14. The second-order valence-electron chi connectivity index (χ2n) is 6.86. The van der Waals surface area contributed by atoms with E-state index in [1.54, 1.807) is 0 Å². The van der Waals surface area contributed by atoms with Crippen LogP contribution in [0, 0.1) is 0 Å². The zero-order valence-electron chi connectivity index (χ0n) is 14.6. The van der Waals surface area contributed by atoms with Crippen molar-refractivity contribution in [1.82, 2.24) is 4.90 Å². The van der Waals surface area contributed by atoms with Gasteiger partial charge in [-0.1, -0.05) is 0 Å². The third kappa shape index (κ3) is 5.62. The number of rotatable bonds is 4. The van der Waals surface area contributed by atoms with Crippen LogP contribution in [0.4, 0.5) is 31.1 Å². The van der Waals surface area contributed by atoms with Gasteiger partial charge in [0.2, 0.25) is 0 Å². The lowest BCUT2D eigenvalue weighted by Crippen LogP contribution is -2.54. The zero-order valence-corrected chi connectivity index (χ0v) is 15.4. The van der Waals surface area contributed by atoms with Gasteiger partial charge in [0.05, 0.1) is 6.54 Å². The van der Waals surface area contributed by atoms with Crippen molar-refractivity contribution < 1.29 is 58.4 Å². The molecule has 0 saturated carbocycles. The van der Waals surface area contributed by atoms with Gasteiger partial charge in [0.25, 0.3) is 6.10 Å². The molecule has 0 N–H and O–H groups in total. The average molecular weight is 444 g/mol. The molecule has 1 heterocycles. The lowest BCUT2D eigenvalue weighted by Gasteiger charge is -2.32. The number of esters is 1. The quantitative estimate of drug-likeness (QED) is 0.370. The summed E-state index contributed by atoms with van der Waals surface area (Å²) in [5, 5.41) is -6.05. The van der Waals surface area contributed by atoms with Crippen molar-refractivity contribution >= 4 is 22.2 Å². The lowest BCUT2D eigenvalue weighted by atomic mass is 10.2. The molecule has 1 amide bonds. The van der Waals surface area contributed by atoms with Crippen molar-refractivity contribution in [2.75, 3.05) is 6.54 Å². The van der Waals surface area contributed by atoms with Gasteiger partial charge in [0.1, 0.15) is 17.8 Å². The van der Waals surface area contributed by atoms with Crippen molar-refractivity contribution in [2.24, 2.45) is 0 Å². The van der Waals surface area contributed by atoms with E-state index in [0.717, 1.165) is 0 Å². The van der Waals surface area contributed by atoms with Crippen molar-refractivity contribution in [1.29, 1.82) is 0 Å². The van der Waals surface area contributed by atoms with Gasteiger partial charge in [0, 0.05) is 6.42 Å². The minimum absolute atomic E-state index is 0.329. The molecule has 1 rings (SSSR count). The first-order chi connectivity index (χ1) is 12.3. The van der Waals surface area contributed by atoms with Crippen LogP contribution in [-0.4, -0.2) is 71.8 Å². The highest BCUT2D eigenvalue weighted by Gasteiger charge is 2.63. The predicted molar refractivity (Wildman–Crippen MR) is 76.8 cm³/mol. The molecule has 0 spiro atoms. The van der Waals surface area contributed by atoms with Crippen molar-refractivity contribution in [3.8, 4) is 0 Å². The number of hydrogen-bond acceptors (Lipinski definition) is 7. The third-order valence-electron chi connectivity index (χ3n) is 3.32. The summed E-state index contributed by atoms with van der Waals surface area (Å²) in [5.41, 5.74) is -1.14. The second kappa shape index (κ2) is 7.57. The molecule has 3 atom stereocenters. The first-order valence-corrected chi connectivity index (χ1v) is 8.92. The number of alkyl halides is 6. The van der Waals surface area contributed by atoms with Gasteiger partial charge in [-0.3, -0.25) is 4.90 Å². The Morgan fingerprint density at radius 1 is 1.14 bits per heavy atom. The normalized spacial score (nSPS) is 22.7. The minimum atomic E-state index is -6.88. The van der Waals surface area contributed by atoms with Crippen molar-refractivity contribution in [2.45, 2.75) is 62.5 Å². The van der Waals surface area contributed by atoms with Crippen LogP contribution in [-0.2, 0) is 24.4 Å². The van der Waals surface area contributed by atoms with Crippen LogP contribution in [0.2, 0.25) is 0 Å². The van der Waals surface area contributed by atoms with E-state index in [1.807, 2.05) is 0 Å². The van der Waals surface area contributed by atoms with E-state index in [2.05, 4.69) is 4.74 Å². The fraction of sp³-hybridized carbons (Fsp3) is 0.846. The zero-order chi connectivity index (χ0) is 22.3. The fourth-order valence-corrected chi connectivity index (χ4v) is 2.63. The van der Waals surface area contributed by atoms with Crippen LogP contribution in [0.15, 0.2) is 0 Å². The summed E-state index contributed by atoms with van der Waals surface area (Å²) in [6.45, 7) is 3.36. The van der Waals surface area contributed by atoms with E-state index in [-0.39, 0.29) is 0 Å². The van der Waals surface area contributed by atoms with E-state index >= 15 is 0 Å². The monoisotopic (exact) mass is 444 g/mol. The van der Waals surface area contributed by atoms with Crippen LogP contribution < -0.4 is 0 Å². The van der Waals surface area contributed by atoms with Gasteiger partial charge in [0.15, 0.2) is 10.1 Å². The van der Waals surface area contributed by atoms with Crippen LogP contribution >= 0.6 is 0 Å². The fourth-order valence-electron chi connectivity index (χ4n) is 2.18. The molecule has 0 aromatic carbocycles. The molecule has 28 heavy (non-hydrogen) atoms. The average Bonchev–Trinajstić information content (AvgIpc) is 2.82. The van der Waals surface area contributed by atoms with Gasteiger partial charge in [-0.25, -0.2) is 22.4 Å². The van der Waals surface area contributed by atoms with Crippen LogP contribution in [0.3, 0.4) is 0 Å². The molecule has 1 saturated heterocycles. The Bertz CT molecular complexity index is 718. The Labute approximate surface area is 155 Å². The first kappa shape index (κ1) is 24.3. The Morgan fingerprint density at radius 3 is 2.04 bits per heavy atom. The van der Waals surface area contributed by atoms with E-state index < -0.39 is 70.5 Å². The molecular formula is C13H16F6NO7S-. The summed E-state index contributed by atoms with van der Waals surface area (Å²) in [6.07, 6.45) is -15.0. The summed E-state index contributed by atoms with van der Waals surface area (Å²) in [4.78, 5) is 24.2. The first-order valence-electron chi connectivity index (χ1n) is 7.51. The van der Waals surface area contributed by atoms with Crippen LogP contribution in [0.1, 0.15) is 27.2 Å². The van der Waals surface area contributed by atoms with E-state index in [9.17, 15) is 48.9 Å². The molecule has 0 aromatic heterocycles. The van der Waals surface area contributed by atoms with E-state index in [0.29, 0.717) is 4.90 Å². The molecule has 0 bridgehead atoms. The third-order valence-corrected chi connectivity index (χ3v) is 4.20. The number of amides is 1. The Hall–Kier alpha value is -1.77. The lowest BCUT2D eigenvalue weighted by molar-refractivity contribution is -0.260. The summed E-state index contributed by atoms with van der Waals surface area (Å²) in [5.74, 6) is -2.17. The molecule has 3 unspecified atom stereocenters. The minimum Gasteiger partial charge on any atom is -0.743 e. The standard InChI is InChI=1S/C13H17F6NO7S/c1-11(2,3)27-10(22)20-5-6(14)4-7(20)8(21)26-9(12(15,16)17)13(18,19)28(23,24)25/h6-7,9H,4-5H2,1-3H3,(H,23,24,25)/p-1. The van der Waals surface area contributed by atoms with E-state index in [1.165, 1.54) is 20.8 Å². The molecule has 0 radical (unpaired) electrons. The number of carbonyl (C=O) groups is 2. The topological polar surface area (TPSA) is 113 Å². The maximum Gasteiger partial charge on any atom is 0.432 e. The maximum absolute atomic E-state index is 13.6. The number of likely N-dealkylation sites (tertiary alicyclic amines) is 1. The molecule has 8 nitrogen and oxygen atoms in total. The summed E-state index contributed by atoms with van der Waals surface area (Å²) < 4.78 is 119. The molecule has 1 aliphatic heterocycles. The molecule has 15 heteroatoms. The number of nitrogens with zero attached hydrogens (tertiary/aromatic N) is 1. The van der Waals surface area contributed by atoms with Gasteiger partial charge >= 0.3 is 23.5 Å². The van der Waals surface area contributed by atoms with Gasteiger partial charge < -0.3 is 14.0 Å². The van der Waals surface area contributed by atoms with Gasteiger partial charge in [-0.15, -0.1) is 0 Å². The molecule has 0 aliphatic carbocycles.